The molecule has 0 bridgehead atoms. The van der Waals surface area contributed by atoms with Crippen molar-refractivity contribution in [3.05, 3.63) is 48.4 Å². The average Bonchev–Trinajstić information content (AvgIpc) is 3.48. The van der Waals surface area contributed by atoms with E-state index in [4.69, 9.17) is 9.84 Å². The number of hydrogen-bond donors (Lipinski definition) is 2. The van der Waals surface area contributed by atoms with Crippen molar-refractivity contribution in [1.29, 1.82) is 0 Å². The van der Waals surface area contributed by atoms with Gasteiger partial charge in [-0.15, -0.1) is 0 Å². The lowest BCUT2D eigenvalue weighted by atomic mass is 9.85. The molecule has 152 valence electrons. The summed E-state index contributed by atoms with van der Waals surface area (Å²) in [6.45, 7) is 0.920. The van der Waals surface area contributed by atoms with Gasteiger partial charge in [-0.05, 0) is 49.8 Å². The number of hydrogen-bond acceptors (Lipinski definition) is 6. The summed E-state index contributed by atoms with van der Waals surface area (Å²) in [6, 6.07) is 7.21. The first-order chi connectivity index (χ1) is 14.1. The number of aliphatic carboxylic acids is 1. The van der Waals surface area contributed by atoms with Crippen molar-refractivity contribution in [2.24, 2.45) is 5.92 Å². The zero-order chi connectivity index (χ0) is 20.2. The van der Waals surface area contributed by atoms with Crippen LogP contribution in [0.5, 0.6) is 11.6 Å². The van der Waals surface area contributed by atoms with Gasteiger partial charge in [0.2, 0.25) is 5.88 Å². The lowest BCUT2D eigenvalue weighted by Crippen LogP contribution is -2.55. The summed E-state index contributed by atoms with van der Waals surface area (Å²) < 4.78 is 5.63. The van der Waals surface area contributed by atoms with Gasteiger partial charge in [0.25, 0.3) is 5.91 Å². The van der Waals surface area contributed by atoms with E-state index < -0.39 is 5.97 Å². The Morgan fingerprint density at radius 1 is 1.24 bits per heavy atom. The van der Waals surface area contributed by atoms with Crippen molar-refractivity contribution < 1.29 is 19.4 Å². The molecule has 8 heteroatoms. The summed E-state index contributed by atoms with van der Waals surface area (Å²) in [5, 5.41) is 12.2. The van der Waals surface area contributed by atoms with Crippen LogP contribution in [0.25, 0.3) is 0 Å². The highest BCUT2D eigenvalue weighted by Gasteiger charge is 2.37. The maximum Gasteiger partial charge on any atom is 0.317 e. The van der Waals surface area contributed by atoms with Crippen LogP contribution in [-0.4, -0.2) is 57.0 Å². The number of carbonyl (C=O) groups is 2. The number of nitrogens with zero attached hydrogens (tertiary/aromatic N) is 3. The third-order valence-corrected chi connectivity index (χ3v) is 5.35. The number of carbonyl (C=O) groups excluding carboxylic acids is 1. The molecular weight excluding hydrogens is 372 g/mol. The number of aromatic nitrogens is 2. The van der Waals surface area contributed by atoms with Crippen LogP contribution in [0, 0.1) is 5.92 Å². The first-order valence-electron chi connectivity index (χ1n) is 9.87. The minimum Gasteiger partial charge on any atom is -0.480 e. The first kappa shape index (κ1) is 19.3. The molecule has 0 radical (unpaired) electrons. The highest BCUT2D eigenvalue weighted by molar-refractivity contribution is 5.94. The van der Waals surface area contributed by atoms with E-state index in [1.165, 1.54) is 25.2 Å². The molecule has 1 aromatic heterocycles. The van der Waals surface area contributed by atoms with E-state index in [1.807, 2.05) is 0 Å². The van der Waals surface area contributed by atoms with Gasteiger partial charge in [-0.3, -0.25) is 19.5 Å². The average molecular weight is 396 g/mol. The van der Waals surface area contributed by atoms with E-state index in [2.05, 4.69) is 20.2 Å². The number of rotatable bonds is 9. The van der Waals surface area contributed by atoms with Crippen LogP contribution >= 0.6 is 0 Å². The van der Waals surface area contributed by atoms with Crippen molar-refractivity contribution in [1.82, 2.24) is 20.2 Å². The lowest BCUT2D eigenvalue weighted by Gasteiger charge is -2.42. The Hall–Kier alpha value is -3.00. The Morgan fingerprint density at radius 2 is 2.07 bits per heavy atom. The normalized spacial score (nSPS) is 20.7. The Kier molecular flexibility index (Phi) is 5.71. The predicted octanol–water partition coefficient (Wildman–Crippen LogP) is 2.33. The van der Waals surface area contributed by atoms with Gasteiger partial charge in [0.05, 0.1) is 12.7 Å². The summed E-state index contributed by atoms with van der Waals surface area (Å²) in [4.78, 5) is 33.8. The van der Waals surface area contributed by atoms with E-state index >= 15 is 0 Å². The molecule has 2 N–H and O–H groups in total. The van der Waals surface area contributed by atoms with E-state index in [9.17, 15) is 9.59 Å². The molecule has 0 saturated heterocycles. The van der Waals surface area contributed by atoms with E-state index in [-0.39, 0.29) is 24.5 Å². The monoisotopic (exact) mass is 396 g/mol. The number of carboxylic acid groups (broad SMARTS) is 1. The SMILES string of the molecule is O=C(O)CN(CC1CC1)C1CC(NC(=O)c2cccc(Oc3cnccn3)c2)C1. The topological polar surface area (TPSA) is 105 Å². The Morgan fingerprint density at radius 3 is 2.76 bits per heavy atom. The Balaban J connectivity index is 1.30. The smallest absolute Gasteiger partial charge is 0.317 e. The van der Waals surface area contributed by atoms with Gasteiger partial charge in [-0.25, -0.2) is 4.98 Å². The highest BCUT2D eigenvalue weighted by Crippen LogP contribution is 2.34. The summed E-state index contributed by atoms with van der Waals surface area (Å²) in [5.74, 6) is 0.561. The molecule has 1 heterocycles. The molecule has 1 amide bonds. The van der Waals surface area contributed by atoms with E-state index in [0.717, 1.165) is 19.4 Å². The maximum atomic E-state index is 12.6. The molecule has 0 unspecified atom stereocenters. The summed E-state index contributed by atoms with van der Waals surface area (Å²) >= 11 is 0. The number of amides is 1. The summed E-state index contributed by atoms with van der Waals surface area (Å²) in [5.41, 5.74) is 0.509. The molecule has 0 aliphatic heterocycles. The van der Waals surface area contributed by atoms with Gasteiger partial charge >= 0.3 is 5.97 Å². The molecule has 29 heavy (non-hydrogen) atoms. The van der Waals surface area contributed by atoms with Crippen LogP contribution in [-0.2, 0) is 4.79 Å². The second-order valence-corrected chi connectivity index (χ2v) is 7.74. The molecule has 2 aliphatic carbocycles. The predicted molar refractivity (Wildman–Crippen MR) is 105 cm³/mol. The standard InChI is InChI=1S/C21H24N4O4/c26-20(27)13-25(12-14-4-5-14)17-9-16(10-17)24-21(28)15-2-1-3-18(8-15)29-19-11-22-6-7-23-19/h1-3,6-8,11,14,16-17H,4-5,9-10,12-13H2,(H,24,28)(H,26,27). The minimum atomic E-state index is -0.793. The van der Waals surface area contributed by atoms with Crippen LogP contribution in [0.4, 0.5) is 0 Å². The van der Waals surface area contributed by atoms with Crippen LogP contribution in [0.2, 0.25) is 0 Å². The Bertz CT molecular complexity index is 866. The van der Waals surface area contributed by atoms with Crippen molar-refractivity contribution in [3.63, 3.8) is 0 Å². The summed E-state index contributed by atoms with van der Waals surface area (Å²) in [6.07, 6.45) is 8.54. The minimum absolute atomic E-state index is 0.0626. The van der Waals surface area contributed by atoms with Crippen molar-refractivity contribution >= 4 is 11.9 Å². The fourth-order valence-electron chi connectivity index (χ4n) is 3.58. The number of benzene rings is 1. The molecule has 2 aromatic rings. The second kappa shape index (κ2) is 8.57. The van der Waals surface area contributed by atoms with Gasteiger partial charge in [0.15, 0.2) is 0 Å². The van der Waals surface area contributed by atoms with Gasteiger partial charge in [-0.2, -0.15) is 0 Å². The third kappa shape index (κ3) is 5.29. The van der Waals surface area contributed by atoms with Crippen molar-refractivity contribution in [2.45, 2.75) is 37.8 Å². The van der Waals surface area contributed by atoms with Crippen LogP contribution in [0.3, 0.4) is 0 Å². The van der Waals surface area contributed by atoms with Gasteiger partial charge in [0.1, 0.15) is 5.75 Å². The van der Waals surface area contributed by atoms with Crippen molar-refractivity contribution in [2.75, 3.05) is 13.1 Å². The Labute approximate surface area is 168 Å². The van der Waals surface area contributed by atoms with Gasteiger partial charge in [0, 0.05) is 36.6 Å². The quantitative estimate of drug-likeness (QED) is 0.670. The van der Waals surface area contributed by atoms with Gasteiger partial charge < -0.3 is 15.2 Å². The third-order valence-electron chi connectivity index (χ3n) is 5.35. The fraction of sp³-hybridized carbons (Fsp3) is 0.429. The van der Waals surface area contributed by atoms with Crippen LogP contribution in [0.15, 0.2) is 42.9 Å². The molecule has 4 rings (SSSR count). The first-order valence-corrected chi connectivity index (χ1v) is 9.87. The van der Waals surface area contributed by atoms with Crippen LogP contribution < -0.4 is 10.1 Å². The molecule has 2 saturated carbocycles. The number of carboxylic acids is 1. The van der Waals surface area contributed by atoms with Crippen molar-refractivity contribution in [3.8, 4) is 11.6 Å². The number of nitrogens with one attached hydrogen (secondary N) is 1. The van der Waals surface area contributed by atoms with E-state index in [1.54, 1.807) is 30.5 Å². The molecule has 8 nitrogen and oxygen atoms in total. The molecule has 0 atom stereocenters. The van der Waals surface area contributed by atoms with Gasteiger partial charge in [-0.1, -0.05) is 6.07 Å². The zero-order valence-corrected chi connectivity index (χ0v) is 16.0. The zero-order valence-electron chi connectivity index (χ0n) is 16.0. The molecule has 2 fully saturated rings. The fourth-order valence-corrected chi connectivity index (χ4v) is 3.58. The molecular formula is C21H24N4O4. The lowest BCUT2D eigenvalue weighted by molar-refractivity contribution is -0.139. The number of ether oxygens (including phenoxy) is 1. The van der Waals surface area contributed by atoms with Crippen LogP contribution in [0.1, 0.15) is 36.0 Å². The van der Waals surface area contributed by atoms with E-state index in [0.29, 0.717) is 23.1 Å². The largest absolute Gasteiger partial charge is 0.480 e. The highest BCUT2D eigenvalue weighted by atomic mass is 16.5. The second-order valence-electron chi connectivity index (χ2n) is 7.74. The summed E-state index contributed by atoms with van der Waals surface area (Å²) in [7, 11) is 0. The molecule has 0 spiro atoms. The molecule has 1 aromatic carbocycles. The molecule has 2 aliphatic rings. The maximum absolute atomic E-state index is 12.6.